The van der Waals surface area contributed by atoms with Crippen molar-refractivity contribution in [1.29, 1.82) is 0 Å². The first-order valence-corrected chi connectivity index (χ1v) is 5.27. The van der Waals surface area contributed by atoms with Gasteiger partial charge in [0.1, 0.15) is 11.6 Å². The van der Waals surface area contributed by atoms with E-state index in [1.807, 2.05) is 25.1 Å². The number of hydrogen-bond donors (Lipinski definition) is 2. The van der Waals surface area contributed by atoms with Crippen molar-refractivity contribution in [2.24, 2.45) is 5.73 Å². The average Bonchev–Trinajstić information content (AvgIpc) is 2.55. The Morgan fingerprint density at radius 1 is 1.56 bits per heavy atom. The van der Waals surface area contributed by atoms with Gasteiger partial charge in [-0.05, 0) is 31.5 Å². The van der Waals surface area contributed by atoms with Crippen molar-refractivity contribution in [2.45, 2.75) is 26.3 Å². The number of nitrogens with one attached hydrogen (secondary N) is 1. The number of aromatic amines is 1. The Morgan fingerprint density at radius 2 is 2.31 bits per heavy atom. The molecule has 0 fully saturated rings. The van der Waals surface area contributed by atoms with Crippen molar-refractivity contribution in [3.63, 3.8) is 0 Å². The topological polar surface area (TPSA) is 71.8 Å². The molecule has 3 N–H and O–H groups in total. The summed E-state index contributed by atoms with van der Waals surface area (Å²) in [4.78, 5) is 18.5. The summed E-state index contributed by atoms with van der Waals surface area (Å²) in [5.74, 6) is 0.987. The van der Waals surface area contributed by atoms with E-state index in [2.05, 4.69) is 9.97 Å². The van der Waals surface area contributed by atoms with Crippen LogP contribution in [-0.2, 0) is 4.79 Å². The lowest BCUT2D eigenvalue weighted by Gasteiger charge is -2.09. The molecule has 1 aromatic carbocycles. The molecule has 0 aliphatic rings. The Kier molecular flexibility index (Phi) is 2.75. The maximum absolute atomic E-state index is 11.0. The number of carbonyl (C=O) groups is 1. The van der Waals surface area contributed by atoms with E-state index >= 15 is 0 Å². The molecule has 84 valence electrons. The molecular weight excluding hydrogens is 202 g/mol. The fourth-order valence-electron chi connectivity index (χ4n) is 1.81. The van der Waals surface area contributed by atoms with Crippen LogP contribution in [-0.4, -0.2) is 15.8 Å². The number of benzene rings is 1. The van der Waals surface area contributed by atoms with Gasteiger partial charge < -0.3 is 10.7 Å². The zero-order valence-corrected chi connectivity index (χ0v) is 9.45. The van der Waals surface area contributed by atoms with Gasteiger partial charge in [-0.25, -0.2) is 4.98 Å². The summed E-state index contributed by atoms with van der Waals surface area (Å²) in [5, 5.41) is 0. The van der Waals surface area contributed by atoms with Gasteiger partial charge in [-0.1, -0.05) is 6.07 Å². The number of imidazole rings is 1. The molecule has 4 nitrogen and oxygen atoms in total. The van der Waals surface area contributed by atoms with Crippen LogP contribution in [0.2, 0.25) is 0 Å². The van der Waals surface area contributed by atoms with Gasteiger partial charge in [0.25, 0.3) is 0 Å². The molecule has 0 amide bonds. The second kappa shape index (κ2) is 4.06. The van der Waals surface area contributed by atoms with Crippen LogP contribution in [0.5, 0.6) is 0 Å². The van der Waals surface area contributed by atoms with Crippen LogP contribution in [0.3, 0.4) is 0 Å². The lowest BCUT2D eigenvalue weighted by atomic mass is 10.0. The zero-order chi connectivity index (χ0) is 11.7. The summed E-state index contributed by atoms with van der Waals surface area (Å²) in [6.07, 6.45) is 0.374. The highest BCUT2D eigenvalue weighted by atomic mass is 16.1. The van der Waals surface area contributed by atoms with E-state index in [0.29, 0.717) is 6.42 Å². The summed E-state index contributed by atoms with van der Waals surface area (Å²) >= 11 is 0. The summed E-state index contributed by atoms with van der Waals surface area (Å²) in [5.41, 5.74) is 8.80. The molecule has 2 rings (SSSR count). The highest BCUT2D eigenvalue weighted by Crippen LogP contribution is 2.19. The summed E-state index contributed by atoms with van der Waals surface area (Å²) < 4.78 is 0. The number of fused-ring (bicyclic) bond motifs is 1. The van der Waals surface area contributed by atoms with Crippen molar-refractivity contribution >= 4 is 16.8 Å². The second-order valence-electron chi connectivity index (χ2n) is 4.11. The van der Waals surface area contributed by atoms with Crippen LogP contribution < -0.4 is 5.73 Å². The lowest BCUT2D eigenvalue weighted by molar-refractivity contribution is -0.117. The standard InChI is InChI=1S/C12H15N3O/c1-7(16)5-10(13)9-3-4-11-12(6-9)15-8(2)14-11/h3-4,6,10H,5,13H2,1-2H3,(H,14,15). The fourth-order valence-corrected chi connectivity index (χ4v) is 1.81. The molecule has 0 radical (unpaired) electrons. The molecule has 1 heterocycles. The number of nitrogens with two attached hydrogens (primary N) is 1. The van der Waals surface area contributed by atoms with Gasteiger partial charge in [0.15, 0.2) is 0 Å². The van der Waals surface area contributed by atoms with Crippen LogP contribution in [0.1, 0.15) is 30.8 Å². The number of rotatable bonds is 3. The molecule has 0 saturated carbocycles. The van der Waals surface area contributed by atoms with E-state index in [-0.39, 0.29) is 11.8 Å². The number of carbonyl (C=O) groups excluding carboxylic acids is 1. The average molecular weight is 217 g/mol. The summed E-state index contributed by atoms with van der Waals surface area (Å²) in [6, 6.07) is 5.58. The van der Waals surface area contributed by atoms with E-state index in [1.54, 1.807) is 6.92 Å². The van der Waals surface area contributed by atoms with E-state index in [0.717, 1.165) is 22.4 Å². The van der Waals surface area contributed by atoms with Gasteiger partial charge in [-0.3, -0.25) is 4.79 Å². The van der Waals surface area contributed by atoms with Crippen LogP contribution in [0, 0.1) is 6.92 Å². The minimum absolute atomic E-state index is 0.105. The molecular formula is C12H15N3O. The van der Waals surface area contributed by atoms with Crippen LogP contribution in [0.4, 0.5) is 0 Å². The highest BCUT2D eigenvalue weighted by Gasteiger charge is 2.10. The van der Waals surface area contributed by atoms with Gasteiger partial charge in [-0.2, -0.15) is 0 Å². The number of ketones is 1. The van der Waals surface area contributed by atoms with Crippen LogP contribution in [0.25, 0.3) is 11.0 Å². The van der Waals surface area contributed by atoms with Crippen molar-refractivity contribution in [1.82, 2.24) is 9.97 Å². The smallest absolute Gasteiger partial charge is 0.131 e. The molecule has 0 spiro atoms. The Morgan fingerprint density at radius 3 is 3.00 bits per heavy atom. The third kappa shape index (κ3) is 2.12. The summed E-state index contributed by atoms with van der Waals surface area (Å²) in [7, 11) is 0. The lowest BCUT2D eigenvalue weighted by Crippen LogP contribution is -2.13. The number of aromatic nitrogens is 2. The fraction of sp³-hybridized carbons (Fsp3) is 0.333. The molecule has 16 heavy (non-hydrogen) atoms. The first-order valence-electron chi connectivity index (χ1n) is 5.27. The molecule has 1 atom stereocenters. The Labute approximate surface area is 93.9 Å². The Hall–Kier alpha value is -1.68. The second-order valence-corrected chi connectivity index (χ2v) is 4.11. The molecule has 1 aromatic heterocycles. The summed E-state index contributed by atoms with van der Waals surface area (Å²) in [6.45, 7) is 3.47. The maximum Gasteiger partial charge on any atom is 0.131 e. The van der Waals surface area contributed by atoms with Gasteiger partial charge >= 0.3 is 0 Å². The van der Waals surface area contributed by atoms with Gasteiger partial charge in [0.2, 0.25) is 0 Å². The predicted molar refractivity (Wildman–Crippen MR) is 63.1 cm³/mol. The highest BCUT2D eigenvalue weighted by molar-refractivity contribution is 5.78. The minimum atomic E-state index is -0.231. The van der Waals surface area contributed by atoms with E-state index in [9.17, 15) is 4.79 Å². The van der Waals surface area contributed by atoms with Gasteiger partial charge in [0.05, 0.1) is 11.0 Å². The predicted octanol–water partition coefficient (Wildman–Crippen LogP) is 1.85. The number of nitrogens with zero attached hydrogens (tertiary/aromatic N) is 1. The SMILES string of the molecule is CC(=O)CC(N)c1ccc2nc(C)[nH]c2c1. The van der Waals surface area contributed by atoms with E-state index < -0.39 is 0 Å². The van der Waals surface area contributed by atoms with E-state index in [4.69, 9.17) is 5.73 Å². The maximum atomic E-state index is 11.0. The number of hydrogen-bond acceptors (Lipinski definition) is 3. The van der Waals surface area contributed by atoms with Crippen LogP contribution in [0.15, 0.2) is 18.2 Å². The minimum Gasteiger partial charge on any atom is -0.342 e. The number of aryl methyl sites for hydroxylation is 1. The quantitative estimate of drug-likeness (QED) is 0.824. The van der Waals surface area contributed by atoms with Crippen LogP contribution >= 0.6 is 0 Å². The molecule has 0 aliphatic heterocycles. The molecule has 0 aliphatic carbocycles. The van der Waals surface area contributed by atoms with Crippen molar-refractivity contribution in [3.05, 3.63) is 29.6 Å². The first-order chi connectivity index (χ1) is 7.56. The Bertz CT molecular complexity index is 530. The molecule has 2 aromatic rings. The normalized spacial score (nSPS) is 12.9. The van der Waals surface area contributed by atoms with Gasteiger partial charge in [0, 0.05) is 12.5 Å². The molecule has 0 saturated heterocycles. The third-order valence-corrected chi connectivity index (χ3v) is 2.56. The van der Waals surface area contributed by atoms with Crippen molar-refractivity contribution < 1.29 is 4.79 Å². The van der Waals surface area contributed by atoms with Crippen molar-refractivity contribution in [2.75, 3.05) is 0 Å². The van der Waals surface area contributed by atoms with Gasteiger partial charge in [-0.15, -0.1) is 0 Å². The van der Waals surface area contributed by atoms with E-state index in [1.165, 1.54) is 0 Å². The zero-order valence-electron chi connectivity index (χ0n) is 9.45. The number of H-pyrrole nitrogens is 1. The van der Waals surface area contributed by atoms with Crippen molar-refractivity contribution in [3.8, 4) is 0 Å². The number of Topliss-reactive ketones (excluding diaryl/α,β-unsaturated/α-hetero) is 1. The third-order valence-electron chi connectivity index (χ3n) is 2.56. The largest absolute Gasteiger partial charge is 0.342 e. The molecule has 4 heteroatoms. The molecule has 0 bridgehead atoms. The monoisotopic (exact) mass is 217 g/mol. The Balaban J connectivity index is 2.34. The first kappa shape index (κ1) is 10.8. The molecule has 1 unspecified atom stereocenters.